The molecule has 1 atom stereocenters. The summed E-state index contributed by atoms with van der Waals surface area (Å²) in [5.41, 5.74) is 4.57. The zero-order valence-electron chi connectivity index (χ0n) is 17.4. The summed E-state index contributed by atoms with van der Waals surface area (Å²) in [6.07, 6.45) is 4.13. The van der Waals surface area contributed by atoms with E-state index in [2.05, 4.69) is 20.6 Å². The van der Waals surface area contributed by atoms with E-state index in [0.717, 1.165) is 27.7 Å². The lowest BCUT2D eigenvalue weighted by Crippen LogP contribution is -2.52. The van der Waals surface area contributed by atoms with Gasteiger partial charge in [-0.1, -0.05) is 23.4 Å². The van der Waals surface area contributed by atoms with Gasteiger partial charge in [0.1, 0.15) is 11.7 Å². The molecule has 1 N–H and O–H groups in total. The standard InChI is InChI=1S/C24H18N6O3/c31-22-9-8-21(23(32)26-22)29-12-17-16(24(29)33)4-1-5-20(17)30-13-19(27-28-30)15-6-7-18-14(11-15)3-2-10-25-18/h1-7,10-11,13,21H,8-9,12H2,(H,26,31,32). The van der Waals surface area contributed by atoms with Crippen LogP contribution in [-0.2, 0) is 16.1 Å². The second-order valence-electron chi connectivity index (χ2n) is 8.16. The summed E-state index contributed by atoms with van der Waals surface area (Å²) in [4.78, 5) is 42.8. The molecule has 6 rings (SSSR count). The lowest BCUT2D eigenvalue weighted by Gasteiger charge is -2.29. The predicted octanol–water partition coefficient (Wildman–Crippen LogP) is 2.24. The van der Waals surface area contributed by atoms with Crippen LogP contribution in [0.5, 0.6) is 0 Å². The molecule has 0 bridgehead atoms. The number of rotatable bonds is 3. The topological polar surface area (TPSA) is 110 Å². The fourth-order valence-electron chi connectivity index (χ4n) is 4.53. The molecule has 4 heterocycles. The van der Waals surface area contributed by atoms with E-state index >= 15 is 0 Å². The average Bonchev–Trinajstić information content (AvgIpc) is 3.44. The third-order valence-corrected chi connectivity index (χ3v) is 6.20. The van der Waals surface area contributed by atoms with Crippen LogP contribution >= 0.6 is 0 Å². The average molecular weight is 438 g/mol. The molecule has 1 fully saturated rings. The number of fused-ring (bicyclic) bond motifs is 2. The number of carbonyl (C=O) groups is 3. The highest BCUT2D eigenvalue weighted by atomic mass is 16.2. The minimum Gasteiger partial charge on any atom is -0.322 e. The van der Waals surface area contributed by atoms with Gasteiger partial charge in [-0.25, -0.2) is 4.68 Å². The molecule has 0 aliphatic carbocycles. The Labute approximate surface area is 188 Å². The monoisotopic (exact) mass is 438 g/mol. The fraction of sp³-hybridized carbons (Fsp3) is 0.167. The highest BCUT2D eigenvalue weighted by molar-refractivity contribution is 6.05. The molecular formula is C24H18N6O3. The number of amides is 3. The second kappa shape index (κ2) is 7.33. The Morgan fingerprint density at radius 1 is 1.03 bits per heavy atom. The number of imide groups is 1. The molecule has 0 saturated carbocycles. The SMILES string of the molecule is O=C1CCC(N2Cc3c(cccc3-n3cc(-c4ccc5ncccc5c4)nn3)C2=O)C(=O)N1. The Bertz CT molecular complexity index is 1460. The number of hydrogen-bond donors (Lipinski definition) is 1. The van der Waals surface area contributed by atoms with Gasteiger partial charge in [-0.2, -0.15) is 0 Å². The van der Waals surface area contributed by atoms with Crippen LogP contribution < -0.4 is 5.32 Å². The third kappa shape index (κ3) is 3.16. The molecule has 9 nitrogen and oxygen atoms in total. The smallest absolute Gasteiger partial charge is 0.255 e. The van der Waals surface area contributed by atoms with Crippen LogP contribution in [0.3, 0.4) is 0 Å². The van der Waals surface area contributed by atoms with E-state index < -0.39 is 11.9 Å². The first-order chi connectivity index (χ1) is 16.1. The quantitative estimate of drug-likeness (QED) is 0.491. The van der Waals surface area contributed by atoms with Gasteiger partial charge in [0, 0.05) is 41.2 Å². The highest BCUT2D eigenvalue weighted by Gasteiger charge is 2.40. The van der Waals surface area contributed by atoms with Crippen molar-refractivity contribution in [2.75, 3.05) is 0 Å². The molecule has 162 valence electrons. The van der Waals surface area contributed by atoms with Gasteiger partial charge in [0.2, 0.25) is 11.8 Å². The summed E-state index contributed by atoms with van der Waals surface area (Å²) in [5.74, 6) is -0.952. The van der Waals surface area contributed by atoms with Crippen molar-refractivity contribution >= 4 is 28.6 Å². The van der Waals surface area contributed by atoms with Crippen molar-refractivity contribution in [3.05, 3.63) is 72.1 Å². The van der Waals surface area contributed by atoms with Gasteiger partial charge >= 0.3 is 0 Å². The minimum atomic E-state index is -0.659. The zero-order valence-corrected chi connectivity index (χ0v) is 17.4. The molecule has 1 unspecified atom stereocenters. The molecule has 3 amide bonds. The summed E-state index contributed by atoms with van der Waals surface area (Å²) in [6.45, 7) is 0.271. The number of benzene rings is 2. The lowest BCUT2D eigenvalue weighted by molar-refractivity contribution is -0.136. The molecule has 0 radical (unpaired) electrons. The Kier molecular flexibility index (Phi) is 4.29. The zero-order chi connectivity index (χ0) is 22.5. The van der Waals surface area contributed by atoms with Crippen molar-refractivity contribution in [2.45, 2.75) is 25.4 Å². The van der Waals surface area contributed by atoms with Crippen LogP contribution in [0.2, 0.25) is 0 Å². The minimum absolute atomic E-state index is 0.219. The van der Waals surface area contributed by atoms with Crippen molar-refractivity contribution in [3.8, 4) is 16.9 Å². The number of pyridine rings is 1. The van der Waals surface area contributed by atoms with Crippen molar-refractivity contribution in [1.29, 1.82) is 0 Å². The van der Waals surface area contributed by atoms with Crippen LogP contribution in [-0.4, -0.2) is 48.6 Å². The number of nitrogens with zero attached hydrogens (tertiary/aromatic N) is 5. The molecule has 1 saturated heterocycles. The molecule has 2 aromatic carbocycles. The normalized spacial score (nSPS) is 18.0. The van der Waals surface area contributed by atoms with Crippen molar-refractivity contribution in [2.24, 2.45) is 0 Å². The molecule has 9 heteroatoms. The molecule has 2 aromatic heterocycles. The van der Waals surface area contributed by atoms with E-state index in [9.17, 15) is 14.4 Å². The number of piperidine rings is 1. The Morgan fingerprint density at radius 2 is 1.94 bits per heavy atom. The first-order valence-electron chi connectivity index (χ1n) is 10.6. The van der Waals surface area contributed by atoms with E-state index in [-0.39, 0.29) is 24.8 Å². The Hall–Kier alpha value is -4.40. The van der Waals surface area contributed by atoms with Crippen molar-refractivity contribution in [1.82, 2.24) is 30.2 Å². The molecule has 2 aliphatic rings. The van der Waals surface area contributed by atoms with E-state index in [1.165, 1.54) is 4.90 Å². The maximum absolute atomic E-state index is 13.1. The second-order valence-corrected chi connectivity index (χ2v) is 8.16. The largest absolute Gasteiger partial charge is 0.322 e. The van der Waals surface area contributed by atoms with E-state index in [4.69, 9.17) is 0 Å². The molecule has 0 spiro atoms. The number of hydrogen-bond acceptors (Lipinski definition) is 6. The Balaban J connectivity index is 1.33. The number of nitrogens with one attached hydrogen (secondary N) is 1. The molecule has 33 heavy (non-hydrogen) atoms. The number of aromatic nitrogens is 4. The maximum Gasteiger partial charge on any atom is 0.255 e. The highest BCUT2D eigenvalue weighted by Crippen LogP contribution is 2.32. The molecular weight excluding hydrogens is 420 g/mol. The van der Waals surface area contributed by atoms with Crippen LogP contribution in [0, 0.1) is 0 Å². The summed E-state index contributed by atoms with van der Waals surface area (Å²) in [5, 5.41) is 12.0. The van der Waals surface area contributed by atoms with Crippen molar-refractivity contribution in [3.63, 3.8) is 0 Å². The summed E-state index contributed by atoms with van der Waals surface area (Å²) in [7, 11) is 0. The van der Waals surface area contributed by atoms with Crippen LogP contribution in [0.25, 0.3) is 27.8 Å². The third-order valence-electron chi connectivity index (χ3n) is 6.20. The van der Waals surface area contributed by atoms with Crippen LogP contribution in [0.1, 0.15) is 28.8 Å². The maximum atomic E-state index is 13.1. The lowest BCUT2D eigenvalue weighted by atomic mass is 10.0. The van der Waals surface area contributed by atoms with Gasteiger partial charge in [0.05, 0.1) is 17.4 Å². The van der Waals surface area contributed by atoms with Crippen LogP contribution in [0.15, 0.2) is 60.9 Å². The molecule has 4 aromatic rings. The number of carbonyl (C=O) groups excluding carboxylic acids is 3. The van der Waals surface area contributed by atoms with Gasteiger partial charge < -0.3 is 4.90 Å². The summed E-state index contributed by atoms with van der Waals surface area (Å²) in [6, 6.07) is 14.6. The fourth-order valence-corrected chi connectivity index (χ4v) is 4.53. The van der Waals surface area contributed by atoms with E-state index in [1.807, 2.05) is 42.6 Å². The van der Waals surface area contributed by atoms with E-state index in [0.29, 0.717) is 17.7 Å². The van der Waals surface area contributed by atoms with E-state index in [1.54, 1.807) is 23.0 Å². The van der Waals surface area contributed by atoms with Gasteiger partial charge in [-0.05, 0) is 36.8 Å². The first-order valence-corrected chi connectivity index (χ1v) is 10.6. The summed E-state index contributed by atoms with van der Waals surface area (Å²) < 4.78 is 1.66. The van der Waals surface area contributed by atoms with Gasteiger partial charge in [-0.3, -0.25) is 24.7 Å². The van der Waals surface area contributed by atoms with Gasteiger partial charge in [0.15, 0.2) is 0 Å². The molecule has 2 aliphatic heterocycles. The van der Waals surface area contributed by atoms with Crippen LogP contribution in [0.4, 0.5) is 0 Å². The predicted molar refractivity (Wildman–Crippen MR) is 118 cm³/mol. The van der Waals surface area contributed by atoms with Gasteiger partial charge in [-0.15, -0.1) is 5.10 Å². The van der Waals surface area contributed by atoms with Crippen molar-refractivity contribution < 1.29 is 14.4 Å². The van der Waals surface area contributed by atoms with Gasteiger partial charge in [0.25, 0.3) is 5.91 Å². The first kappa shape index (κ1) is 19.3. The Morgan fingerprint density at radius 3 is 2.82 bits per heavy atom. The summed E-state index contributed by atoms with van der Waals surface area (Å²) >= 11 is 0.